The zero-order valence-corrected chi connectivity index (χ0v) is 25.1. The highest BCUT2D eigenvalue weighted by Gasteiger charge is 2.38. The number of rotatable bonds is 10. The number of alkyl halides is 3. The molecule has 12 heteroatoms. The summed E-state index contributed by atoms with van der Waals surface area (Å²) >= 11 is 3.46. The van der Waals surface area contributed by atoms with Crippen LogP contribution in [-0.2, 0) is 30.6 Å². The summed E-state index contributed by atoms with van der Waals surface area (Å²) in [6, 6.07) is 20.5. The van der Waals surface area contributed by atoms with Gasteiger partial charge in [-0.05, 0) is 79.7 Å². The summed E-state index contributed by atoms with van der Waals surface area (Å²) in [4.78, 5) is 25.7. The average molecular weight is 672 g/mol. The summed E-state index contributed by atoms with van der Waals surface area (Å²) < 4.78 is 34.5. The predicted molar refractivity (Wildman–Crippen MR) is 164 cm³/mol. The number of carboxylic acid groups (broad SMARTS) is 2. The molecule has 0 bridgehead atoms. The lowest BCUT2D eigenvalue weighted by Crippen LogP contribution is -2.21. The van der Waals surface area contributed by atoms with E-state index in [-0.39, 0.29) is 0 Å². The highest BCUT2D eigenvalue weighted by molar-refractivity contribution is 9.10. The zero-order valence-electron chi connectivity index (χ0n) is 23.5. The molecule has 0 unspecified atom stereocenters. The topological polar surface area (TPSA) is 117 Å². The molecule has 44 heavy (non-hydrogen) atoms. The monoisotopic (exact) mass is 670 g/mol. The minimum absolute atomic E-state index is 0.314. The van der Waals surface area contributed by atoms with Gasteiger partial charge in [-0.15, -0.1) is 0 Å². The summed E-state index contributed by atoms with van der Waals surface area (Å²) in [6.45, 7) is 2.23. The number of carbonyl (C=O) groups is 2. The van der Waals surface area contributed by atoms with Crippen LogP contribution in [-0.4, -0.2) is 56.2 Å². The Kier molecular flexibility index (Phi) is 11.1. The number of aryl methyl sites for hydroxylation is 2. The molecule has 0 fully saturated rings. The van der Waals surface area contributed by atoms with Crippen LogP contribution in [0.1, 0.15) is 44.9 Å². The van der Waals surface area contributed by atoms with E-state index in [1.165, 1.54) is 5.56 Å². The number of hydrogen-bond donors (Lipinski definition) is 3. The van der Waals surface area contributed by atoms with Gasteiger partial charge in [-0.25, -0.2) is 9.59 Å². The number of fused-ring (bicyclic) bond motifs is 3. The number of aromatic carboxylic acids is 1. The minimum Gasteiger partial charge on any atom is -0.477 e. The highest BCUT2D eigenvalue weighted by atomic mass is 79.9. The maximum Gasteiger partial charge on any atom is 0.490 e. The number of nitrogens with one attached hydrogen (secondary N) is 1. The molecular formula is C32H30BrF3N4O4. The maximum atomic E-state index is 12.2. The van der Waals surface area contributed by atoms with E-state index < -0.39 is 18.1 Å². The SMILES string of the molecule is O=C(O)C(F)(F)F.O=C(O)c1c2c(nn1CCCNCCc1ccc(Br)cc1)-c1cc(/C=C/c3ccccc3)ncc1CC2. The molecule has 0 amide bonds. The lowest BCUT2D eigenvalue weighted by molar-refractivity contribution is -0.192. The Hall–Kier alpha value is -4.29. The van der Waals surface area contributed by atoms with E-state index >= 15 is 0 Å². The van der Waals surface area contributed by atoms with Crippen LogP contribution in [0, 0.1) is 0 Å². The number of nitrogens with zero attached hydrogens (tertiary/aromatic N) is 3. The van der Waals surface area contributed by atoms with Crippen molar-refractivity contribution in [1.82, 2.24) is 20.1 Å². The Balaban J connectivity index is 0.000000566. The van der Waals surface area contributed by atoms with E-state index in [1.807, 2.05) is 54.7 Å². The molecule has 3 N–H and O–H groups in total. The van der Waals surface area contributed by atoms with Crippen LogP contribution in [0.5, 0.6) is 0 Å². The molecule has 2 aromatic heterocycles. The van der Waals surface area contributed by atoms with Gasteiger partial charge in [0.15, 0.2) is 0 Å². The van der Waals surface area contributed by atoms with Gasteiger partial charge in [-0.2, -0.15) is 18.3 Å². The number of carboxylic acids is 2. The lowest BCUT2D eigenvalue weighted by atomic mass is 9.89. The number of halogens is 4. The molecule has 2 aromatic carbocycles. The van der Waals surface area contributed by atoms with Crippen molar-refractivity contribution < 1.29 is 33.0 Å². The van der Waals surface area contributed by atoms with Crippen molar-refractivity contribution in [3.05, 3.63) is 105 Å². The molecule has 1 aliphatic rings. The van der Waals surface area contributed by atoms with E-state index in [0.29, 0.717) is 18.7 Å². The molecule has 4 aromatic rings. The largest absolute Gasteiger partial charge is 0.490 e. The first-order valence-electron chi connectivity index (χ1n) is 13.8. The van der Waals surface area contributed by atoms with Crippen LogP contribution >= 0.6 is 15.9 Å². The number of aromatic nitrogens is 3. The van der Waals surface area contributed by atoms with Crippen LogP contribution in [0.2, 0.25) is 0 Å². The molecule has 1 aliphatic carbocycles. The van der Waals surface area contributed by atoms with Gasteiger partial charge in [0.2, 0.25) is 0 Å². The smallest absolute Gasteiger partial charge is 0.477 e. The zero-order chi connectivity index (χ0) is 31.7. The molecule has 0 atom stereocenters. The second-order valence-corrected chi connectivity index (χ2v) is 10.9. The maximum absolute atomic E-state index is 12.2. The van der Waals surface area contributed by atoms with Gasteiger partial charge < -0.3 is 15.5 Å². The fraction of sp³-hybridized carbons (Fsp3) is 0.250. The van der Waals surface area contributed by atoms with Crippen LogP contribution < -0.4 is 5.32 Å². The number of aliphatic carboxylic acids is 1. The molecule has 230 valence electrons. The van der Waals surface area contributed by atoms with Crippen LogP contribution in [0.25, 0.3) is 23.4 Å². The van der Waals surface area contributed by atoms with Gasteiger partial charge in [-0.1, -0.05) is 64.5 Å². The third kappa shape index (κ3) is 8.87. The number of benzene rings is 2. The number of hydrogen-bond acceptors (Lipinski definition) is 5. The molecule has 2 heterocycles. The molecule has 0 aliphatic heterocycles. The van der Waals surface area contributed by atoms with E-state index in [2.05, 4.69) is 50.5 Å². The van der Waals surface area contributed by atoms with E-state index in [1.54, 1.807) is 4.68 Å². The van der Waals surface area contributed by atoms with E-state index in [4.69, 9.17) is 15.0 Å². The Morgan fingerprint density at radius 1 is 1.00 bits per heavy atom. The molecular weight excluding hydrogens is 641 g/mol. The Morgan fingerprint density at radius 3 is 2.36 bits per heavy atom. The van der Waals surface area contributed by atoms with Crippen molar-refractivity contribution in [1.29, 1.82) is 0 Å². The van der Waals surface area contributed by atoms with Crippen LogP contribution in [0.15, 0.2) is 71.3 Å². The van der Waals surface area contributed by atoms with Crippen molar-refractivity contribution in [3.8, 4) is 11.3 Å². The fourth-order valence-electron chi connectivity index (χ4n) is 4.73. The molecule has 5 rings (SSSR count). The van der Waals surface area contributed by atoms with Gasteiger partial charge in [0.1, 0.15) is 5.69 Å². The molecule has 0 saturated carbocycles. The van der Waals surface area contributed by atoms with Crippen molar-refractivity contribution in [2.45, 2.75) is 38.4 Å². The minimum atomic E-state index is -5.08. The molecule has 0 radical (unpaired) electrons. The Morgan fingerprint density at radius 2 is 1.70 bits per heavy atom. The van der Waals surface area contributed by atoms with Gasteiger partial charge in [0, 0.05) is 28.3 Å². The van der Waals surface area contributed by atoms with Crippen molar-refractivity contribution in [3.63, 3.8) is 0 Å². The van der Waals surface area contributed by atoms with Crippen LogP contribution in [0.3, 0.4) is 0 Å². The summed E-state index contributed by atoms with van der Waals surface area (Å²) in [7, 11) is 0. The average Bonchev–Trinajstić information content (AvgIpc) is 3.38. The van der Waals surface area contributed by atoms with Gasteiger partial charge in [0.05, 0.1) is 11.4 Å². The van der Waals surface area contributed by atoms with Crippen molar-refractivity contribution in [2.24, 2.45) is 0 Å². The predicted octanol–water partition coefficient (Wildman–Crippen LogP) is 6.53. The Labute approximate surface area is 260 Å². The molecule has 0 saturated heterocycles. The van der Waals surface area contributed by atoms with Crippen LogP contribution in [0.4, 0.5) is 13.2 Å². The lowest BCUT2D eigenvalue weighted by Gasteiger charge is -2.15. The van der Waals surface area contributed by atoms with Gasteiger partial charge >= 0.3 is 18.1 Å². The standard InChI is InChI=1S/C30H29BrN4O2.C2HF3O2/c31-24-11-7-22(8-12-24)15-17-32-16-4-18-35-29(30(36)37)26-14-10-23-20-33-25(19-27(23)28(26)34-35)13-9-21-5-2-1-3-6-21;3-2(4,5)1(6)7/h1-3,5-9,11-13,19-20,32H,4,10,14-18H2,(H,36,37);(H,6,7)/b13-9+;. The summed E-state index contributed by atoms with van der Waals surface area (Å²) in [5.74, 6) is -3.67. The van der Waals surface area contributed by atoms with E-state index in [0.717, 1.165) is 70.5 Å². The summed E-state index contributed by atoms with van der Waals surface area (Å²) in [5, 5.41) is 25.4. The second-order valence-electron chi connectivity index (χ2n) is 10.00. The third-order valence-corrected chi connectivity index (χ3v) is 7.40. The first-order valence-corrected chi connectivity index (χ1v) is 14.6. The normalized spacial score (nSPS) is 12.3. The third-order valence-electron chi connectivity index (χ3n) is 6.88. The first-order chi connectivity index (χ1) is 21.0. The van der Waals surface area contributed by atoms with Crippen molar-refractivity contribution >= 4 is 40.0 Å². The highest BCUT2D eigenvalue weighted by Crippen LogP contribution is 2.35. The first kappa shape index (κ1) is 32.6. The summed E-state index contributed by atoms with van der Waals surface area (Å²) in [6.07, 6.45) is 4.02. The molecule has 8 nitrogen and oxygen atoms in total. The van der Waals surface area contributed by atoms with Crippen molar-refractivity contribution in [2.75, 3.05) is 13.1 Å². The van der Waals surface area contributed by atoms with E-state index in [9.17, 15) is 23.1 Å². The second kappa shape index (κ2) is 14.9. The molecule has 0 spiro atoms. The van der Waals surface area contributed by atoms with Gasteiger partial charge in [-0.3, -0.25) is 9.67 Å². The quantitative estimate of drug-likeness (QED) is 0.164. The summed E-state index contributed by atoms with van der Waals surface area (Å²) in [5.41, 5.74) is 7.23. The Bertz CT molecular complexity index is 1620. The van der Waals surface area contributed by atoms with Gasteiger partial charge in [0.25, 0.3) is 0 Å². The fourth-order valence-corrected chi connectivity index (χ4v) is 5.00. The number of pyridine rings is 1.